The number of imidazole rings is 1. The number of piperidine rings is 1. The Kier molecular flexibility index (Phi) is 3.58. The Morgan fingerprint density at radius 3 is 2.52 bits per heavy atom. The first-order valence-electron chi connectivity index (χ1n) is 6.96. The predicted molar refractivity (Wildman–Crippen MR) is 77.2 cm³/mol. The van der Waals surface area contributed by atoms with Gasteiger partial charge in [-0.25, -0.2) is 13.4 Å². The number of aromatic nitrogens is 4. The number of aryl methyl sites for hydroxylation is 1. The van der Waals surface area contributed by atoms with Crippen molar-refractivity contribution in [2.45, 2.75) is 30.7 Å². The standard InChI is InChI=1S/C13H19N5O2S/c1-11-13(9-15-16(11)2)21(19,20)18-6-3-12(4-7-18)17-8-5-14-10-17/h5,8-10,12H,3-4,6-7H2,1-2H3. The van der Waals surface area contributed by atoms with Crippen LogP contribution in [-0.2, 0) is 17.1 Å². The Bertz CT molecular complexity index is 712. The van der Waals surface area contributed by atoms with Gasteiger partial charge < -0.3 is 4.57 Å². The first-order chi connectivity index (χ1) is 10.00. The monoisotopic (exact) mass is 309 g/mol. The van der Waals surface area contributed by atoms with E-state index in [0.717, 1.165) is 12.8 Å². The van der Waals surface area contributed by atoms with Crippen molar-refractivity contribution in [2.75, 3.05) is 13.1 Å². The maximum absolute atomic E-state index is 12.7. The third kappa shape index (κ3) is 2.49. The van der Waals surface area contributed by atoms with Gasteiger partial charge >= 0.3 is 0 Å². The second-order valence-electron chi connectivity index (χ2n) is 5.36. The molecule has 7 nitrogen and oxygen atoms in total. The largest absolute Gasteiger partial charge is 0.334 e. The van der Waals surface area contributed by atoms with Crippen molar-refractivity contribution in [2.24, 2.45) is 7.05 Å². The molecule has 2 aromatic rings. The first-order valence-corrected chi connectivity index (χ1v) is 8.40. The molecule has 0 spiro atoms. The van der Waals surface area contributed by atoms with Crippen molar-refractivity contribution in [3.8, 4) is 0 Å². The normalized spacial score (nSPS) is 18.2. The summed E-state index contributed by atoms with van der Waals surface area (Å²) in [6.07, 6.45) is 8.51. The lowest BCUT2D eigenvalue weighted by molar-refractivity contribution is 0.273. The number of hydrogen-bond acceptors (Lipinski definition) is 4. The van der Waals surface area contributed by atoms with Crippen molar-refractivity contribution >= 4 is 10.0 Å². The number of hydrogen-bond donors (Lipinski definition) is 0. The van der Waals surface area contributed by atoms with E-state index >= 15 is 0 Å². The molecule has 3 heterocycles. The molecule has 1 saturated heterocycles. The second kappa shape index (κ2) is 5.27. The van der Waals surface area contributed by atoms with Crippen molar-refractivity contribution in [3.05, 3.63) is 30.6 Å². The average Bonchev–Trinajstić information content (AvgIpc) is 3.11. The Morgan fingerprint density at radius 2 is 2.00 bits per heavy atom. The van der Waals surface area contributed by atoms with Crippen LogP contribution < -0.4 is 0 Å². The Morgan fingerprint density at radius 1 is 1.29 bits per heavy atom. The van der Waals surface area contributed by atoms with Gasteiger partial charge in [0.05, 0.1) is 18.2 Å². The first kappa shape index (κ1) is 14.3. The molecule has 0 amide bonds. The van der Waals surface area contributed by atoms with Crippen LogP contribution in [-0.4, -0.2) is 45.1 Å². The zero-order chi connectivity index (χ0) is 15.0. The van der Waals surface area contributed by atoms with Crippen LogP contribution >= 0.6 is 0 Å². The van der Waals surface area contributed by atoms with Crippen LogP contribution in [0.15, 0.2) is 29.8 Å². The fourth-order valence-corrected chi connectivity index (χ4v) is 4.39. The predicted octanol–water partition coefficient (Wildman–Crippen LogP) is 0.951. The van der Waals surface area contributed by atoms with E-state index in [1.807, 2.05) is 6.20 Å². The van der Waals surface area contributed by atoms with Crippen LogP contribution in [0.1, 0.15) is 24.6 Å². The zero-order valence-electron chi connectivity index (χ0n) is 12.2. The fraction of sp³-hybridized carbons (Fsp3) is 0.538. The maximum atomic E-state index is 12.7. The van der Waals surface area contributed by atoms with Gasteiger partial charge in [0.1, 0.15) is 4.90 Å². The third-order valence-electron chi connectivity index (χ3n) is 4.18. The molecule has 8 heteroatoms. The van der Waals surface area contributed by atoms with E-state index in [1.165, 1.54) is 6.20 Å². The van der Waals surface area contributed by atoms with Gasteiger partial charge in [-0.1, -0.05) is 0 Å². The Hall–Kier alpha value is -1.67. The van der Waals surface area contributed by atoms with Gasteiger partial charge in [-0.05, 0) is 19.8 Å². The smallest absolute Gasteiger partial charge is 0.246 e. The highest BCUT2D eigenvalue weighted by atomic mass is 32.2. The van der Waals surface area contributed by atoms with Crippen LogP contribution in [0.5, 0.6) is 0 Å². The van der Waals surface area contributed by atoms with Crippen LogP contribution in [0.2, 0.25) is 0 Å². The Balaban J connectivity index is 1.76. The van der Waals surface area contributed by atoms with Gasteiger partial charge in [-0.3, -0.25) is 4.68 Å². The molecule has 21 heavy (non-hydrogen) atoms. The highest BCUT2D eigenvalue weighted by molar-refractivity contribution is 7.89. The van der Waals surface area contributed by atoms with Crippen LogP contribution in [0.25, 0.3) is 0 Å². The molecular formula is C13H19N5O2S. The average molecular weight is 309 g/mol. The molecule has 0 aromatic carbocycles. The van der Waals surface area contributed by atoms with E-state index in [1.54, 1.807) is 35.5 Å². The summed E-state index contributed by atoms with van der Waals surface area (Å²) in [5, 5.41) is 4.03. The molecule has 0 unspecified atom stereocenters. The van der Waals surface area contributed by atoms with Crippen molar-refractivity contribution in [1.82, 2.24) is 23.6 Å². The molecule has 0 aliphatic carbocycles. The van der Waals surface area contributed by atoms with Crippen molar-refractivity contribution in [1.29, 1.82) is 0 Å². The summed E-state index contributed by atoms with van der Waals surface area (Å²) < 4.78 is 30.5. The lowest BCUT2D eigenvalue weighted by Gasteiger charge is -2.31. The molecule has 0 saturated carbocycles. The highest BCUT2D eigenvalue weighted by Crippen LogP contribution is 2.27. The highest BCUT2D eigenvalue weighted by Gasteiger charge is 2.32. The quantitative estimate of drug-likeness (QED) is 0.846. The summed E-state index contributed by atoms with van der Waals surface area (Å²) >= 11 is 0. The van der Waals surface area contributed by atoms with E-state index in [4.69, 9.17) is 0 Å². The van der Waals surface area contributed by atoms with E-state index < -0.39 is 10.0 Å². The van der Waals surface area contributed by atoms with E-state index in [-0.39, 0.29) is 0 Å². The number of sulfonamides is 1. The van der Waals surface area contributed by atoms with E-state index in [2.05, 4.69) is 14.6 Å². The van der Waals surface area contributed by atoms with Crippen LogP contribution in [0.3, 0.4) is 0 Å². The molecule has 1 aliphatic rings. The lowest BCUT2D eigenvalue weighted by Crippen LogP contribution is -2.39. The summed E-state index contributed by atoms with van der Waals surface area (Å²) in [6.45, 7) is 2.83. The van der Waals surface area contributed by atoms with Gasteiger partial charge in [-0.2, -0.15) is 9.40 Å². The number of nitrogens with zero attached hydrogens (tertiary/aromatic N) is 5. The lowest BCUT2D eigenvalue weighted by atomic mass is 10.1. The van der Waals surface area contributed by atoms with Gasteiger partial charge in [0.2, 0.25) is 10.0 Å². The third-order valence-corrected chi connectivity index (χ3v) is 6.18. The Labute approximate surface area is 124 Å². The summed E-state index contributed by atoms with van der Waals surface area (Å²) in [5.41, 5.74) is 0.673. The zero-order valence-corrected chi connectivity index (χ0v) is 13.0. The second-order valence-corrected chi connectivity index (χ2v) is 7.27. The molecule has 1 fully saturated rings. The SMILES string of the molecule is Cc1c(S(=O)(=O)N2CCC(n3ccnc3)CC2)cnn1C. The summed E-state index contributed by atoms with van der Waals surface area (Å²) in [6, 6.07) is 0.328. The topological polar surface area (TPSA) is 73.0 Å². The molecule has 1 aliphatic heterocycles. The van der Waals surface area contributed by atoms with E-state index in [0.29, 0.717) is 29.7 Å². The van der Waals surface area contributed by atoms with Gasteiger partial charge in [0.25, 0.3) is 0 Å². The van der Waals surface area contributed by atoms with Crippen LogP contribution in [0, 0.1) is 6.92 Å². The summed E-state index contributed by atoms with van der Waals surface area (Å²) in [5.74, 6) is 0. The molecule has 0 radical (unpaired) electrons. The van der Waals surface area contributed by atoms with Gasteiger partial charge in [0, 0.05) is 38.6 Å². The minimum Gasteiger partial charge on any atom is -0.334 e. The molecule has 0 N–H and O–H groups in total. The van der Waals surface area contributed by atoms with E-state index in [9.17, 15) is 8.42 Å². The minimum atomic E-state index is -3.44. The molecule has 2 aromatic heterocycles. The fourth-order valence-electron chi connectivity index (χ4n) is 2.74. The van der Waals surface area contributed by atoms with Gasteiger partial charge in [-0.15, -0.1) is 0 Å². The molecule has 0 atom stereocenters. The molecule has 114 valence electrons. The molecular weight excluding hydrogens is 290 g/mol. The maximum Gasteiger partial charge on any atom is 0.246 e. The van der Waals surface area contributed by atoms with Crippen molar-refractivity contribution in [3.63, 3.8) is 0 Å². The van der Waals surface area contributed by atoms with Gasteiger partial charge in [0.15, 0.2) is 0 Å². The summed E-state index contributed by atoms with van der Waals surface area (Å²) in [7, 11) is -1.69. The van der Waals surface area contributed by atoms with Crippen molar-refractivity contribution < 1.29 is 8.42 Å². The molecule has 0 bridgehead atoms. The number of rotatable bonds is 3. The summed E-state index contributed by atoms with van der Waals surface area (Å²) in [4.78, 5) is 4.36. The molecule has 3 rings (SSSR count). The van der Waals surface area contributed by atoms with Crippen LogP contribution in [0.4, 0.5) is 0 Å². The minimum absolute atomic E-state index is 0.311.